The molecule has 0 heterocycles. The molecule has 0 radical (unpaired) electrons. The predicted molar refractivity (Wildman–Crippen MR) is 61.4 cm³/mol. The van der Waals surface area contributed by atoms with Crippen molar-refractivity contribution in [3.63, 3.8) is 0 Å². The molecular formula is C10H13ClFNO2S. The van der Waals surface area contributed by atoms with Gasteiger partial charge in [0.15, 0.2) is 0 Å². The fourth-order valence-electron chi connectivity index (χ4n) is 1.14. The van der Waals surface area contributed by atoms with Crippen LogP contribution in [0.5, 0.6) is 0 Å². The number of nitrogens with one attached hydrogen (secondary N) is 1. The molecule has 3 nitrogen and oxygen atoms in total. The van der Waals surface area contributed by atoms with Gasteiger partial charge in [-0.05, 0) is 24.6 Å². The predicted octanol–water partition coefficient (Wildman–Crippen LogP) is 2.25. The van der Waals surface area contributed by atoms with Crippen molar-refractivity contribution in [2.75, 3.05) is 6.54 Å². The Kier molecular flexibility index (Phi) is 4.70. The van der Waals surface area contributed by atoms with Crippen molar-refractivity contribution < 1.29 is 12.8 Å². The summed E-state index contributed by atoms with van der Waals surface area (Å²) in [6.07, 6.45) is 0.697. The van der Waals surface area contributed by atoms with Crippen molar-refractivity contribution in [2.24, 2.45) is 0 Å². The maximum absolute atomic E-state index is 13.1. The van der Waals surface area contributed by atoms with E-state index in [2.05, 4.69) is 4.72 Å². The van der Waals surface area contributed by atoms with Crippen molar-refractivity contribution in [3.05, 3.63) is 29.6 Å². The third-order valence-corrected chi connectivity index (χ3v) is 3.76. The van der Waals surface area contributed by atoms with E-state index in [1.165, 1.54) is 12.1 Å². The first kappa shape index (κ1) is 13.4. The van der Waals surface area contributed by atoms with E-state index >= 15 is 0 Å². The van der Waals surface area contributed by atoms with Crippen LogP contribution in [0.2, 0.25) is 0 Å². The van der Waals surface area contributed by atoms with E-state index in [1.54, 1.807) is 0 Å². The molecule has 1 rings (SSSR count). The molecule has 0 aromatic heterocycles. The number of sulfonamides is 1. The lowest BCUT2D eigenvalue weighted by atomic mass is 10.2. The third kappa shape index (κ3) is 3.17. The molecule has 0 saturated carbocycles. The lowest BCUT2D eigenvalue weighted by Crippen LogP contribution is -2.24. The van der Waals surface area contributed by atoms with Gasteiger partial charge in [-0.2, -0.15) is 0 Å². The zero-order valence-electron chi connectivity index (χ0n) is 8.83. The quantitative estimate of drug-likeness (QED) is 0.830. The van der Waals surface area contributed by atoms with Crippen molar-refractivity contribution in [3.8, 4) is 0 Å². The second kappa shape index (κ2) is 5.61. The van der Waals surface area contributed by atoms with Gasteiger partial charge in [0.05, 0.1) is 10.8 Å². The summed E-state index contributed by atoms with van der Waals surface area (Å²) in [7, 11) is -3.55. The van der Waals surface area contributed by atoms with Crippen LogP contribution < -0.4 is 4.72 Å². The van der Waals surface area contributed by atoms with Gasteiger partial charge in [0.2, 0.25) is 10.0 Å². The maximum Gasteiger partial charge on any atom is 0.240 e. The molecule has 0 unspecified atom stereocenters. The van der Waals surface area contributed by atoms with E-state index in [0.29, 0.717) is 13.0 Å². The van der Waals surface area contributed by atoms with Gasteiger partial charge in [0, 0.05) is 12.1 Å². The standard InChI is InChI=1S/C10H13ClFNO2S/c1-2-5-13-16(14,15)9-3-4-10(12)8(6-9)7-11/h3-4,6,13H,2,5,7H2,1H3. The van der Waals surface area contributed by atoms with E-state index in [0.717, 1.165) is 6.07 Å². The van der Waals surface area contributed by atoms with Gasteiger partial charge in [-0.3, -0.25) is 0 Å². The number of hydrogen-bond donors (Lipinski definition) is 1. The van der Waals surface area contributed by atoms with Crippen molar-refractivity contribution in [1.82, 2.24) is 4.72 Å². The Morgan fingerprint density at radius 1 is 1.44 bits per heavy atom. The fraction of sp³-hybridized carbons (Fsp3) is 0.400. The molecule has 90 valence electrons. The van der Waals surface area contributed by atoms with Gasteiger partial charge in [-0.1, -0.05) is 6.92 Å². The highest BCUT2D eigenvalue weighted by atomic mass is 35.5. The maximum atomic E-state index is 13.1. The normalized spacial score (nSPS) is 11.7. The monoisotopic (exact) mass is 265 g/mol. The van der Waals surface area contributed by atoms with Gasteiger partial charge in [0.25, 0.3) is 0 Å². The highest BCUT2D eigenvalue weighted by molar-refractivity contribution is 7.89. The zero-order chi connectivity index (χ0) is 12.2. The smallest absolute Gasteiger partial charge is 0.211 e. The molecule has 0 bridgehead atoms. The lowest BCUT2D eigenvalue weighted by Gasteiger charge is -2.07. The highest BCUT2D eigenvalue weighted by Crippen LogP contribution is 2.16. The first-order valence-corrected chi connectivity index (χ1v) is 6.87. The van der Waals surface area contributed by atoms with Crippen molar-refractivity contribution >= 4 is 21.6 Å². The van der Waals surface area contributed by atoms with Gasteiger partial charge in [-0.25, -0.2) is 17.5 Å². The molecule has 1 aromatic carbocycles. The lowest BCUT2D eigenvalue weighted by molar-refractivity contribution is 0.579. The van der Waals surface area contributed by atoms with Crippen LogP contribution in [0.4, 0.5) is 4.39 Å². The largest absolute Gasteiger partial charge is 0.240 e. The topological polar surface area (TPSA) is 46.2 Å². The molecule has 1 aromatic rings. The Bertz CT molecular complexity index is 462. The molecule has 0 aliphatic carbocycles. The average molecular weight is 266 g/mol. The molecule has 0 spiro atoms. The van der Waals surface area contributed by atoms with E-state index in [1.807, 2.05) is 6.92 Å². The number of halogens is 2. The summed E-state index contributed by atoms with van der Waals surface area (Å²) in [5.41, 5.74) is 0.182. The summed E-state index contributed by atoms with van der Waals surface area (Å²) in [4.78, 5) is 0.0398. The molecule has 0 aliphatic heterocycles. The number of hydrogen-bond acceptors (Lipinski definition) is 2. The highest BCUT2D eigenvalue weighted by Gasteiger charge is 2.14. The number of rotatable bonds is 5. The Labute approximate surface area is 99.7 Å². The molecule has 0 aliphatic rings. The molecule has 1 N–H and O–H groups in total. The summed E-state index contributed by atoms with van der Waals surface area (Å²) < 4.78 is 38.9. The van der Waals surface area contributed by atoms with Crippen LogP contribution in [0.25, 0.3) is 0 Å². The van der Waals surface area contributed by atoms with E-state index in [4.69, 9.17) is 11.6 Å². The Morgan fingerprint density at radius 3 is 2.69 bits per heavy atom. The summed E-state index contributed by atoms with van der Waals surface area (Å²) in [5, 5.41) is 0. The molecule has 0 saturated heterocycles. The Hall–Kier alpha value is -0.650. The number of alkyl halides is 1. The van der Waals surface area contributed by atoms with Crippen molar-refractivity contribution in [1.29, 1.82) is 0 Å². The summed E-state index contributed by atoms with van der Waals surface area (Å²) in [6, 6.07) is 3.59. The van der Waals surface area contributed by atoms with Crippen LogP contribution in [-0.4, -0.2) is 15.0 Å². The molecule has 16 heavy (non-hydrogen) atoms. The van der Waals surface area contributed by atoms with Gasteiger partial charge in [-0.15, -0.1) is 11.6 Å². The molecule has 6 heteroatoms. The molecular weight excluding hydrogens is 253 g/mol. The first-order chi connectivity index (χ1) is 7.51. The second-order valence-corrected chi connectivity index (χ2v) is 5.32. The van der Waals surface area contributed by atoms with Crippen molar-refractivity contribution in [2.45, 2.75) is 24.1 Å². The van der Waals surface area contributed by atoms with Crippen LogP contribution in [0.3, 0.4) is 0 Å². The van der Waals surface area contributed by atoms with Crippen LogP contribution in [0.1, 0.15) is 18.9 Å². The molecule has 0 atom stereocenters. The molecule has 0 amide bonds. The average Bonchev–Trinajstić information content (AvgIpc) is 2.27. The Balaban J connectivity index is 3.04. The minimum absolute atomic E-state index is 0.0398. The number of benzene rings is 1. The fourth-order valence-corrected chi connectivity index (χ4v) is 2.53. The molecule has 0 fully saturated rings. The SMILES string of the molecule is CCCNS(=O)(=O)c1ccc(F)c(CCl)c1. The van der Waals surface area contributed by atoms with Crippen LogP contribution in [0, 0.1) is 5.82 Å². The van der Waals surface area contributed by atoms with Gasteiger partial charge in [0.1, 0.15) is 5.82 Å². The first-order valence-electron chi connectivity index (χ1n) is 4.85. The minimum Gasteiger partial charge on any atom is -0.211 e. The van der Waals surface area contributed by atoms with Crippen LogP contribution in [-0.2, 0) is 15.9 Å². The summed E-state index contributed by atoms with van der Waals surface area (Å²) >= 11 is 5.50. The van der Waals surface area contributed by atoms with Gasteiger partial charge >= 0.3 is 0 Å². The summed E-state index contributed by atoms with van der Waals surface area (Å²) in [6.45, 7) is 2.22. The second-order valence-electron chi connectivity index (χ2n) is 3.28. The third-order valence-electron chi connectivity index (χ3n) is 2.01. The zero-order valence-corrected chi connectivity index (χ0v) is 10.4. The minimum atomic E-state index is -3.55. The van der Waals surface area contributed by atoms with Crippen LogP contribution in [0.15, 0.2) is 23.1 Å². The van der Waals surface area contributed by atoms with E-state index in [9.17, 15) is 12.8 Å². The Morgan fingerprint density at radius 2 is 2.12 bits per heavy atom. The van der Waals surface area contributed by atoms with E-state index in [-0.39, 0.29) is 16.3 Å². The van der Waals surface area contributed by atoms with Gasteiger partial charge < -0.3 is 0 Å². The van der Waals surface area contributed by atoms with E-state index < -0.39 is 15.8 Å². The van der Waals surface area contributed by atoms with Crippen LogP contribution >= 0.6 is 11.6 Å². The summed E-state index contributed by atoms with van der Waals surface area (Å²) in [5.74, 6) is -0.548.